The van der Waals surface area contributed by atoms with Crippen molar-refractivity contribution in [3.8, 4) is 0 Å². The smallest absolute Gasteiger partial charge is 0.380 e. The van der Waals surface area contributed by atoms with Crippen LogP contribution in [0.15, 0.2) is 0 Å². The largest absolute Gasteiger partial charge is 0.474 e. The lowest BCUT2D eigenvalue weighted by molar-refractivity contribution is -0.123. The summed E-state index contributed by atoms with van der Waals surface area (Å²) in [5, 5.41) is 0. The summed E-state index contributed by atoms with van der Waals surface area (Å²) >= 11 is 0. The van der Waals surface area contributed by atoms with E-state index in [9.17, 15) is 4.57 Å². The summed E-state index contributed by atoms with van der Waals surface area (Å²) in [6.07, 6.45) is 0. The molecular formula is C7H15O5P. The molecular weight excluding hydrogens is 195 g/mol. The lowest BCUT2D eigenvalue weighted by Crippen LogP contribution is -2.43. The molecule has 0 atom stereocenters. The topological polar surface area (TPSA) is 54.0 Å². The molecule has 0 unspecified atom stereocenters. The first-order chi connectivity index (χ1) is 6.04. The Morgan fingerprint density at radius 3 is 2.23 bits per heavy atom. The van der Waals surface area contributed by atoms with Crippen LogP contribution in [0.2, 0.25) is 0 Å². The van der Waals surface area contributed by atoms with E-state index in [1.807, 2.05) is 6.92 Å². The highest BCUT2D eigenvalue weighted by molar-refractivity contribution is 7.48. The third-order valence-corrected chi connectivity index (χ3v) is 3.26. The van der Waals surface area contributed by atoms with E-state index in [0.29, 0.717) is 19.8 Å². The SMILES string of the molecule is COP(=O)(OC)OCC1(C)COC1. The Hall–Kier alpha value is 0.0700. The maximum Gasteiger partial charge on any atom is 0.474 e. The third-order valence-electron chi connectivity index (χ3n) is 1.92. The predicted molar refractivity (Wildman–Crippen MR) is 46.5 cm³/mol. The quantitative estimate of drug-likeness (QED) is 0.642. The first-order valence-electron chi connectivity index (χ1n) is 3.97. The van der Waals surface area contributed by atoms with E-state index >= 15 is 0 Å². The third kappa shape index (κ3) is 2.76. The van der Waals surface area contributed by atoms with Gasteiger partial charge in [-0.05, 0) is 0 Å². The highest BCUT2D eigenvalue weighted by atomic mass is 31.2. The highest BCUT2D eigenvalue weighted by Gasteiger charge is 2.37. The van der Waals surface area contributed by atoms with Crippen LogP contribution in [-0.2, 0) is 22.9 Å². The van der Waals surface area contributed by atoms with E-state index in [1.54, 1.807) is 0 Å². The van der Waals surface area contributed by atoms with Gasteiger partial charge in [-0.25, -0.2) is 4.57 Å². The Kier molecular flexibility index (Phi) is 3.49. The van der Waals surface area contributed by atoms with Gasteiger partial charge < -0.3 is 4.74 Å². The van der Waals surface area contributed by atoms with Crippen LogP contribution in [0.5, 0.6) is 0 Å². The van der Waals surface area contributed by atoms with Crippen LogP contribution >= 0.6 is 7.82 Å². The molecule has 0 radical (unpaired) electrons. The summed E-state index contributed by atoms with van der Waals surface area (Å²) in [4.78, 5) is 0. The number of phosphoric acid groups is 1. The summed E-state index contributed by atoms with van der Waals surface area (Å²) in [5.41, 5.74) is -0.0489. The van der Waals surface area contributed by atoms with Gasteiger partial charge in [-0.3, -0.25) is 13.6 Å². The van der Waals surface area contributed by atoms with E-state index in [-0.39, 0.29) is 5.41 Å². The van der Waals surface area contributed by atoms with Gasteiger partial charge in [-0.1, -0.05) is 6.92 Å². The fourth-order valence-corrected chi connectivity index (χ4v) is 1.78. The van der Waals surface area contributed by atoms with E-state index in [1.165, 1.54) is 14.2 Å². The zero-order chi connectivity index (χ0) is 9.95. The zero-order valence-corrected chi connectivity index (χ0v) is 9.00. The Bertz CT molecular complexity index is 205. The van der Waals surface area contributed by atoms with Crippen molar-refractivity contribution in [2.24, 2.45) is 5.41 Å². The lowest BCUT2D eigenvalue weighted by Gasteiger charge is -2.37. The van der Waals surface area contributed by atoms with Crippen molar-refractivity contribution in [1.29, 1.82) is 0 Å². The molecule has 0 aromatic carbocycles. The summed E-state index contributed by atoms with van der Waals surface area (Å²) in [7, 11) is -0.721. The van der Waals surface area contributed by atoms with E-state index in [2.05, 4.69) is 9.05 Å². The van der Waals surface area contributed by atoms with Crippen molar-refractivity contribution in [1.82, 2.24) is 0 Å². The molecule has 78 valence electrons. The van der Waals surface area contributed by atoms with E-state index in [0.717, 1.165) is 0 Å². The molecule has 13 heavy (non-hydrogen) atoms. The van der Waals surface area contributed by atoms with E-state index < -0.39 is 7.82 Å². The van der Waals surface area contributed by atoms with Gasteiger partial charge in [-0.2, -0.15) is 0 Å². The lowest BCUT2D eigenvalue weighted by atomic mass is 9.90. The van der Waals surface area contributed by atoms with Crippen molar-refractivity contribution in [2.75, 3.05) is 34.0 Å². The molecule has 0 aromatic heterocycles. The molecule has 0 aliphatic carbocycles. The fraction of sp³-hybridized carbons (Fsp3) is 1.00. The van der Waals surface area contributed by atoms with Gasteiger partial charge in [-0.15, -0.1) is 0 Å². The summed E-state index contributed by atoms with van der Waals surface area (Å²) < 4.78 is 30.8. The average molecular weight is 210 g/mol. The average Bonchev–Trinajstić information content (AvgIpc) is 2.11. The van der Waals surface area contributed by atoms with Gasteiger partial charge in [0.1, 0.15) is 0 Å². The van der Waals surface area contributed by atoms with Crippen molar-refractivity contribution in [3.63, 3.8) is 0 Å². The number of phosphoric ester groups is 1. The van der Waals surface area contributed by atoms with Gasteiger partial charge in [0, 0.05) is 19.6 Å². The first-order valence-corrected chi connectivity index (χ1v) is 5.43. The molecule has 0 aromatic rings. The molecule has 5 nitrogen and oxygen atoms in total. The minimum Gasteiger partial charge on any atom is -0.380 e. The summed E-state index contributed by atoms with van der Waals surface area (Å²) in [5.74, 6) is 0. The van der Waals surface area contributed by atoms with Gasteiger partial charge in [0.15, 0.2) is 0 Å². The second-order valence-electron chi connectivity index (χ2n) is 3.39. The maximum absolute atomic E-state index is 11.4. The maximum atomic E-state index is 11.4. The standard InChI is InChI=1S/C7H15O5P/c1-7(4-11-5-7)6-12-13(8,9-2)10-3/h4-6H2,1-3H3. The van der Waals surface area contributed by atoms with E-state index in [4.69, 9.17) is 9.26 Å². The van der Waals surface area contributed by atoms with Crippen LogP contribution in [0.25, 0.3) is 0 Å². The molecule has 1 aliphatic heterocycles. The first kappa shape index (κ1) is 11.1. The van der Waals surface area contributed by atoms with Crippen molar-refractivity contribution in [3.05, 3.63) is 0 Å². The monoisotopic (exact) mass is 210 g/mol. The second-order valence-corrected chi connectivity index (χ2v) is 5.27. The predicted octanol–water partition coefficient (Wildman–Crippen LogP) is 1.44. The molecule has 0 saturated carbocycles. The van der Waals surface area contributed by atoms with Crippen molar-refractivity contribution < 1.29 is 22.9 Å². The highest BCUT2D eigenvalue weighted by Crippen LogP contribution is 2.49. The van der Waals surface area contributed by atoms with Crippen LogP contribution in [0.4, 0.5) is 0 Å². The molecule has 0 spiro atoms. The van der Waals surface area contributed by atoms with Gasteiger partial charge in [0.2, 0.25) is 0 Å². The van der Waals surface area contributed by atoms with Crippen LogP contribution in [0, 0.1) is 5.41 Å². The Labute approximate surface area is 77.9 Å². The molecule has 1 heterocycles. The van der Waals surface area contributed by atoms with Crippen LogP contribution in [0.3, 0.4) is 0 Å². The number of rotatable bonds is 5. The van der Waals surface area contributed by atoms with Crippen LogP contribution < -0.4 is 0 Å². The van der Waals surface area contributed by atoms with Gasteiger partial charge in [0.05, 0.1) is 19.8 Å². The molecule has 1 aliphatic rings. The summed E-state index contributed by atoms with van der Waals surface area (Å²) in [6.45, 7) is 3.57. The normalized spacial score (nSPS) is 21.2. The second kappa shape index (κ2) is 4.07. The van der Waals surface area contributed by atoms with Crippen LogP contribution in [-0.4, -0.2) is 34.0 Å². The van der Waals surface area contributed by atoms with Gasteiger partial charge >= 0.3 is 7.82 Å². The van der Waals surface area contributed by atoms with Crippen LogP contribution in [0.1, 0.15) is 6.92 Å². The minimum absolute atomic E-state index is 0.0489. The Balaban J connectivity index is 2.35. The van der Waals surface area contributed by atoms with Gasteiger partial charge in [0.25, 0.3) is 0 Å². The van der Waals surface area contributed by atoms with Crippen molar-refractivity contribution >= 4 is 7.82 Å². The molecule has 1 saturated heterocycles. The Morgan fingerprint density at radius 2 is 1.92 bits per heavy atom. The number of ether oxygens (including phenoxy) is 1. The molecule has 0 N–H and O–H groups in total. The molecule has 0 amide bonds. The Morgan fingerprint density at radius 1 is 1.38 bits per heavy atom. The number of hydrogen-bond acceptors (Lipinski definition) is 5. The molecule has 1 fully saturated rings. The molecule has 6 heteroatoms. The molecule has 0 bridgehead atoms. The number of hydrogen-bond donors (Lipinski definition) is 0. The fourth-order valence-electron chi connectivity index (χ4n) is 0.949. The summed E-state index contributed by atoms with van der Waals surface area (Å²) in [6, 6.07) is 0. The zero-order valence-electron chi connectivity index (χ0n) is 8.11. The molecule has 1 rings (SSSR count). The minimum atomic E-state index is -3.31. The van der Waals surface area contributed by atoms with Crippen molar-refractivity contribution in [2.45, 2.75) is 6.92 Å².